The van der Waals surface area contributed by atoms with Crippen molar-refractivity contribution in [1.29, 1.82) is 0 Å². The molecule has 0 spiro atoms. The van der Waals surface area contributed by atoms with E-state index >= 15 is 0 Å². The number of rotatable bonds is 3. The number of ether oxygens (including phenoxy) is 1. The van der Waals surface area contributed by atoms with Gasteiger partial charge in [0, 0.05) is 6.07 Å². The van der Waals surface area contributed by atoms with Gasteiger partial charge >= 0.3 is 6.09 Å². The van der Waals surface area contributed by atoms with E-state index in [1.807, 2.05) is 0 Å². The van der Waals surface area contributed by atoms with E-state index in [1.54, 1.807) is 20.8 Å². The van der Waals surface area contributed by atoms with Crippen LogP contribution in [0, 0.1) is 23.3 Å². The largest absolute Gasteiger partial charge is 0.444 e. The number of amides is 1. The average molecular weight is 437 g/mol. The normalized spacial score (nSPS) is 12.6. The molecular weight excluding hydrogens is 418 g/mol. The molecule has 0 saturated heterocycles. The molecule has 0 aliphatic heterocycles. The maximum absolute atomic E-state index is 14.4. The third kappa shape index (κ3) is 4.68. The molecule has 1 aromatic heterocycles. The standard InChI is InChI=1S/C21H19F4N3O3/c1-10(26-20(30)31-21(2,3)4)18-27-17-15(25)6-5-14(24)16(17)19(29)28(18)13-8-11(22)7-12(23)9-13/h5-10H,1-4H3,(H,26,30). The van der Waals surface area contributed by atoms with Gasteiger partial charge < -0.3 is 10.1 Å². The smallest absolute Gasteiger partial charge is 0.408 e. The predicted octanol–water partition coefficient (Wildman–Crippen LogP) is 4.53. The Kier molecular flexibility index (Phi) is 5.75. The zero-order valence-electron chi connectivity index (χ0n) is 17.1. The van der Waals surface area contributed by atoms with Crippen LogP contribution in [-0.4, -0.2) is 21.2 Å². The molecule has 1 N–H and O–H groups in total. The summed E-state index contributed by atoms with van der Waals surface area (Å²) in [5, 5.41) is 1.73. The SMILES string of the molecule is CC(NC(=O)OC(C)(C)C)c1nc2c(F)ccc(F)c2c(=O)n1-c1cc(F)cc(F)c1. The van der Waals surface area contributed by atoms with Crippen LogP contribution in [0.15, 0.2) is 35.1 Å². The van der Waals surface area contributed by atoms with E-state index in [0.717, 1.165) is 28.8 Å². The monoisotopic (exact) mass is 437 g/mol. The van der Waals surface area contributed by atoms with E-state index in [-0.39, 0.29) is 11.5 Å². The minimum absolute atomic E-state index is 0.280. The maximum Gasteiger partial charge on any atom is 0.408 e. The Morgan fingerprint density at radius 2 is 1.65 bits per heavy atom. The summed E-state index contributed by atoms with van der Waals surface area (Å²) in [6.07, 6.45) is -0.869. The van der Waals surface area contributed by atoms with E-state index in [9.17, 15) is 27.2 Å². The van der Waals surface area contributed by atoms with Crippen molar-refractivity contribution in [2.45, 2.75) is 39.3 Å². The van der Waals surface area contributed by atoms with Crippen molar-refractivity contribution in [3.8, 4) is 5.69 Å². The van der Waals surface area contributed by atoms with E-state index in [2.05, 4.69) is 10.3 Å². The number of halogens is 4. The van der Waals surface area contributed by atoms with Crippen LogP contribution in [0.2, 0.25) is 0 Å². The van der Waals surface area contributed by atoms with E-state index in [4.69, 9.17) is 4.74 Å². The van der Waals surface area contributed by atoms with Crippen LogP contribution < -0.4 is 10.9 Å². The van der Waals surface area contributed by atoms with Crippen LogP contribution in [0.25, 0.3) is 16.6 Å². The van der Waals surface area contributed by atoms with Crippen LogP contribution in [-0.2, 0) is 4.74 Å². The molecule has 10 heteroatoms. The number of hydrogen-bond acceptors (Lipinski definition) is 4. The van der Waals surface area contributed by atoms with Crippen molar-refractivity contribution in [2.24, 2.45) is 0 Å². The minimum atomic E-state index is -1.10. The Bertz CT molecular complexity index is 1210. The van der Waals surface area contributed by atoms with Gasteiger partial charge in [0.25, 0.3) is 5.56 Å². The van der Waals surface area contributed by atoms with Gasteiger partial charge in [0.05, 0.1) is 11.7 Å². The molecule has 1 amide bonds. The maximum atomic E-state index is 14.4. The third-order valence-electron chi connectivity index (χ3n) is 4.18. The molecule has 2 aromatic carbocycles. The van der Waals surface area contributed by atoms with Crippen molar-refractivity contribution in [2.75, 3.05) is 0 Å². The first-order valence-corrected chi connectivity index (χ1v) is 9.24. The van der Waals surface area contributed by atoms with Gasteiger partial charge in [-0.15, -0.1) is 0 Å². The molecule has 6 nitrogen and oxygen atoms in total. The number of carbonyl (C=O) groups is 1. The van der Waals surface area contributed by atoms with Gasteiger partial charge in [-0.2, -0.15) is 0 Å². The van der Waals surface area contributed by atoms with E-state index < -0.39 is 57.5 Å². The summed E-state index contributed by atoms with van der Waals surface area (Å²) in [5.41, 5.74) is -2.82. The number of nitrogens with one attached hydrogen (secondary N) is 1. The Hall–Kier alpha value is -3.43. The molecule has 0 bridgehead atoms. The summed E-state index contributed by atoms with van der Waals surface area (Å²) in [5.74, 6) is -4.31. The van der Waals surface area contributed by atoms with Crippen LogP contribution in [0.4, 0.5) is 22.4 Å². The number of alkyl carbamates (subject to hydrolysis) is 1. The Morgan fingerprint density at radius 1 is 1.06 bits per heavy atom. The summed E-state index contributed by atoms with van der Waals surface area (Å²) in [6, 6.07) is 2.72. The highest BCUT2D eigenvalue weighted by atomic mass is 19.1. The van der Waals surface area contributed by atoms with Gasteiger partial charge in [-0.25, -0.2) is 27.3 Å². The van der Waals surface area contributed by atoms with Crippen LogP contribution in [0.1, 0.15) is 39.6 Å². The Labute approximate surface area is 174 Å². The van der Waals surface area contributed by atoms with Crippen LogP contribution in [0.3, 0.4) is 0 Å². The lowest BCUT2D eigenvalue weighted by atomic mass is 10.2. The van der Waals surface area contributed by atoms with Crippen molar-refractivity contribution in [3.63, 3.8) is 0 Å². The number of benzene rings is 2. The highest BCUT2D eigenvalue weighted by Crippen LogP contribution is 2.23. The number of aromatic nitrogens is 2. The predicted molar refractivity (Wildman–Crippen MR) is 105 cm³/mol. The van der Waals surface area contributed by atoms with Crippen molar-refractivity contribution >= 4 is 17.0 Å². The number of hydrogen-bond donors (Lipinski definition) is 1. The van der Waals surface area contributed by atoms with E-state index in [1.165, 1.54) is 6.92 Å². The second kappa shape index (κ2) is 8.01. The fourth-order valence-electron chi connectivity index (χ4n) is 2.99. The minimum Gasteiger partial charge on any atom is -0.444 e. The summed E-state index contributed by atoms with van der Waals surface area (Å²) in [6.45, 7) is 6.31. The number of nitrogens with zero attached hydrogens (tertiary/aromatic N) is 2. The molecule has 0 aliphatic rings. The lowest BCUT2D eigenvalue weighted by Gasteiger charge is -2.23. The Balaban J connectivity index is 2.27. The van der Waals surface area contributed by atoms with Gasteiger partial charge in [0.15, 0.2) is 0 Å². The van der Waals surface area contributed by atoms with E-state index in [0.29, 0.717) is 6.07 Å². The summed E-state index contributed by atoms with van der Waals surface area (Å²) in [7, 11) is 0. The van der Waals surface area contributed by atoms with Gasteiger partial charge in [0.2, 0.25) is 0 Å². The first kappa shape index (κ1) is 22.3. The molecule has 0 saturated carbocycles. The number of fused-ring (bicyclic) bond motifs is 1. The van der Waals surface area contributed by atoms with Crippen LogP contribution >= 0.6 is 0 Å². The van der Waals surface area contributed by atoms with Gasteiger partial charge in [0.1, 0.15) is 45.6 Å². The molecule has 1 heterocycles. The molecule has 0 radical (unpaired) electrons. The second-order valence-electron chi connectivity index (χ2n) is 7.86. The average Bonchev–Trinajstić information content (AvgIpc) is 2.61. The molecule has 3 aromatic rings. The Morgan fingerprint density at radius 3 is 2.23 bits per heavy atom. The summed E-state index contributed by atoms with van der Waals surface area (Å²) >= 11 is 0. The molecule has 0 fully saturated rings. The fourth-order valence-corrected chi connectivity index (χ4v) is 2.99. The molecular formula is C21H19F4N3O3. The molecule has 1 atom stereocenters. The van der Waals surface area contributed by atoms with Crippen molar-refractivity contribution < 1.29 is 27.1 Å². The molecule has 1 unspecified atom stereocenters. The van der Waals surface area contributed by atoms with Crippen LogP contribution in [0.5, 0.6) is 0 Å². The topological polar surface area (TPSA) is 73.2 Å². The third-order valence-corrected chi connectivity index (χ3v) is 4.18. The highest BCUT2D eigenvalue weighted by Gasteiger charge is 2.25. The fraction of sp³-hybridized carbons (Fsp3) is 0.286. The zero-order valence-corrected chi connectivity index (χ0v) is 17.1. The number of carbonyl (C=O) groups excluding carboxylic acids is 1. The van der Waals surface area contributed by atoms with Gasteiger partial charge in [-0.3, -0.25) is 9.36 Å². The molecule has 0 aliphatic carbocycles. The zero-order chi connectivity index (χ0) is 23.1. The molecule has 164 valence electrons. The molecule has 3 rings (SSSR count). The first-order chi connectivity index (χ1) is 14.4. The van der Waals surface area contributed by atoms with Crippen molar-refractivity contribution in [3.05, 3.63) is 69.8 Å². The van der Waals surface area contributed by atoms with Gasteiger partial charge in [-0.1, -0.05) is 0 Å². The highest BCUT2D eigenvalue weighted by molar-refractivity contribution is 5.79. The second-order valence-corrected chi connectivity index (χ2v) is 7.86. The quantitative estimate of drug-likeness (QED) is 0.612. The lowest BCUT2D eigenvalue weighted by molar-refractivity contribution is 0.0505. The summed E-state index contributed by atoms with van der Waals surface area (Å²) < 4.78 is 62.2. The van der Waals surface area contributed by atoms with Crippen molar-refractivity contribution in [1.82, 2.24) is 14.9 Å². The lowest BCUT2D eigenvalue weighted by Crippen LogP contribution is -2.37. The first-order valence-electron chi connectivity index (χ1n) is 9.24. The summed E-state index contributed by atoms with van der Waals surface area (Å²) in [4.78, 5) is 29.3. The molecule has 31 heavy (non-hydrogen) atoms. The van der Waals surface area contributed by atoms with Gasteiger partial charge in [-0.05, 0) is 52.0 Å².